The highest BCUT2D eigenvalue weighted by atomic mass is 15.0. The van der Waals surface area contributed by atoms with Crippen LogP contribution < -0.4 is 10.6 Å². The van der Waals surface area contributed by atoms with Gasteiger partial charge >= 0.3 is 0 Å². The van der Waals surface area contributed by atoms with Crippen molar-refractivity contribution in [1.29, 1.82) is 0 Å². The lowest BCUT2D eigenvalue weighted by molar-refractivity contribution is 0.609. The normalized spacial score (nSPS) is 15.5. The summed E-state index contributed by atoms with van der Waals surface area (Å²) in [4.78, 5) is 11.5. The van der Waals surface area contributed by atoms with Crippen LogP contribution in [0.4, 0.5) is 0 Å². The van der Waals surface area contributed by atoms with Crippen LogP contribution in [0.1, 0.15) is 18.4 Å². The third-order valence-electron chi connectivity index (χ3n) is 3.04. The molecule has 2 aromatic rings. The molecule has 0 atom stereocenters. The molecule has 0 amide bonds. The molecule has 17 heavy (non-hydrogen) atoms. The van der Waals surface area contributed by atoms with Crippen LogP contribution in [-0.4, -0.2) is 34.1 Å². The lowest BCUT2D eigenvalue weighted by Crippen LogP contribution is -2.28. The molecule has 2 aromatic heterocycles. The molecule has 1 saturated carbocycles. The molecular formula is C12H17N5. The van der Waals surface area contributed by atoms with Gasteiger partial charge in [-0.15, -0.1) is 0 Å². The molecule has 5 heteroatoms. The zero-order chi connectivity index (χ0) is 11.5. The Labute approximate surface area is 100 Å². The van der Waals surface area contributed by atoms with Crippen molar-refractivity contribution < 1.29 is 0 Å². The van der Waals surface area contributed by atoms with E-state index < -0.39 is 0 Å². The van der Waals surface area contributed by atoms with E-state index in [2.05, 4.69) is 25.6 Å². The van der Waals surface area contributed by atoms with Gasteiger partial charge in [-0.25, -0.2) is 9.97 Å². The van der Waals surface area contributed by atoms with E-state index in [0.29, 0.717) is 0 Å². The molecular weight excluding hydrogens is 214 g/mol. The smallest absolute Gasteiger partial charge is 0.177 e. The van der Waals surface area contributed by atoms with Crippen molar-refractivity contribution in [2.45, 2.75) is 25.4 Å². The number of aromatic nitrogens is 3. The summed E-state index contributed by atoms with van der Waals surface area (Å²) in [5.74, 6) is 0. The SMILES string of the molecule is c1cc(CNCCNC2CC2)c2[nH]cnc2n1. The van der Waals surface area contributed by atoms with Crippen molar-refractivity contribution in [3.8, 4) is 0 Å². The summed E-state index contributed by atoms with van der Waals surface area (Å²) >= 11 is 0. The molecule has 0 aromatic carbocycles. The van der Waals surface area contributed by atoms with Gasteiger partial charge in [-0.3, -0.25) is 0 Å². The van der Waals surface area contributed by atoms with Crippen molar-refractivity contribution >= 4 is 11.2 Å². The third-order valence-corrected chi connectivity index (χ3v) is 3.04. The molecule has 90 valence electrons. The average Bonchev–Trinajstić information content (AvgIpc) is 3.04. The van der Waals surface area contributed by atoms with Crippen molar-refractivity contribution in [1.82, 2.24) is 25.6 Å². The van der Waals surface area contributed by atoms with E-state index in [1.54, 1.807) is 6.33 Å². The Kier molecular flexibility index (Phi) is 3.02. The number of hydrogen-bond acceptors (Lipinski definition) is 4. The quantitative estimate of drug-likeness (QED) is 0.643. The first-order chi connectivity index (χ1) is 8.43. The molecule has 5 nitrogen and oxygen atoms in total. The molecule has 1 fully saturated rings. The molecule has 1 aliphatic rings. The van der Waals surface area contributed by atoms with Crippen LogP contribution in [0.3, 0.4) is 0 Å². The molecule has 0 aliphatic heterocycles. The topological polar surface area (TPSA) is 65.6 Å². The fraction of sp³-hybridized carbons (Fsp3) is 0.500. The van der Waals surface area contributed by atoms with E-state index in [1.165, 1.54) is 18.4 Å². The second-order valence-corrected chi connectivity index (χ2v) is 4.48. The number of pyridine rings is 1. The highest BCUT2D eigenvalue weighted by Crippen LogP contribution is 2.17. The van der Waals surface area contributed by atoms with Crippen LogP contribution in [-0.2, 0) is 6.54 Å². The lowest BCUT2D eigenvalue weighted by Gasteiger charge is -2.06. The van der Waals surface area contributed by atoms with Crippen molar-refractivity contribution in [2.75, 3.05) is 13.1 Å². The maximum absolute atomic E-state index is 4.20. The number of fused-ring (bicyclic) bond motifs is 1. The van der Waals surface area contributed by atoms with Gasteiger partial charge in [0.1, 0.15) is 0 Å². The van der Waals surface area contributed by atoms with Crippen LogP contribution in [0, 0.1) is 0 Å². The number of aromatic amines is 1. The first kappa shape index (κ1) is 10.7. The second-order valence-electron chi connectivity index (χ2n) is 4.48. The predicted molar refractivity (Wildman–Crippen MR) is 66.6 cm³/mol. The molecule has 3 rings (SSSR count). The summed E-state index contributed by atoms with van der Waals surface area (Å²) in [5, 5.41) is 6.91. The molecule has 0 radical (unpaired) electrons. The summed E-state index contributed by atoms with van der Waals surface area (Å²) in [5.41, 5.74) is 3.05. The fourth-order valence-corrected chi connectivity index (χ4v) is 1.92. The zero-order valence-corrected chi connectivity index (χ0v) is 9.74. The Morgan fingerprint density at radius 3 is 3.12 bits per heavy atom. The number of nitrogens with one attached hydrogen (secondary N) is 3. The van der Waals surface area contributed by atoms with Crippen LogP contribution in [0.5, 0.6) is 0 Å². The van der Waals surface area contributed by atoms with E-state index in [-0.39, 0.29) is 0 Å². The van der Waals surface area contributed by atoms with Gasteiger partial charge in [0, 0.05) is 31.9 Å². The number of nitrogens with zero attached hydrogens (tertiary/aromatic N) is 2. The van der Waals surface area contributed by atoms with Crippen LogP contribution in [0.15, 0.2) is 18.6 Å². The lowest BCUT2D eigenvalue weighted by atomic mass is 10.2. The molecule has 0 saturated heterocycles. The number of imidazole rings is 1. The van der Waals surface area contributed by atoms with E-state index in [1.807, 2.05) is 12.3 Å². The van der Waals surface area contributed by atoms with Crippen molar-refractivity contribution in [3.63, 3.8) is 0 Å². The van der Waals surface area contributed by atoms with E-state index in [4.69, 9.17) is 0 Å². The van der Waals surface area contributed by atoms with E-state index in [9.17, 15) is 0 Å². The molecule has 2 heterocycles. The molecule has 1 aliphatic carbocycles. The zero-order valence-electron chi connectivity index (χ0n) is 9.74. The van der Waals surface area contributed by atoms with Crippen LogP contribution in [0.25, 0.3) is 11.2 Å². The first-order valence-corrected chi connectivity index (χ1v) is 6.14. The summed E-state index contributed by atoms with van der Waals surface area (Å²) < 4.78 is 0. The third kappa shape index (κ3) is 2.62. The van der Waals surface area contributed by atoms with E-state index >= 15 is 0 Å². The van der Waals surface area contributed by atoms with Crippen molar-refractivity contribution in [2.24, 2.45) is 0 Å². The Bertz CT molecular complexity index is 488. The second kappa shape index (κ2) is 4.81. The van der Waals surface area contributed by atoms with Crippen LogP contribution >= 0.6 is 0 Å². The van der Waals surface area contributed by atoms with Crippen molar-refractivity contribution in [3.05, 3.63) is 24.2 Å². The predicted octanol–water partition coefficient (Wildman–Crippen LogP) is 0.799. The van der Waals surface area contributed by atoms with Crippen LogP contribution in [0.2, 0.25) is 0 Å². The fourth-order valence-electron chi connectivity index (χ4n) is 1.92. The Morgan fingerprint density at radius 1 is 1.29 bits per heavy atom. The van der Waals surface area contributed by atoms with Gasteiger partial charge in [0.25, 0.3) is 0 Å². The average molecular weight is 231 g/mol. The summed E-state index contributed by atoms with van der Waals surface area (Å²) in [6.45, 7) is 2.89. The first-order valence-electron chi connectivity index (χ1n) is 6.14. The van der Waals surface area contributed by atoms with Gasteiger partial charge in [-0.1, -0.05) is 0 Å². The summed E-state index contributed by atoms with van der Waals surface area (Å²) in [6, 6.07) is 2.82. The Hall–Kier alpha value is -1.46. The molecule has 3 N–H and O–H groups in total. The Morgan fingerprint density at radius 2 is 2.24 bits per heavy atom. The minimum atomic E-state index is 0.789. The highest BCUT2D eigenvalue weighted by Gasteiger charge is 2.19. The minimum Gasteiger partial charge on any atom is -0.343 e. The van der Waals surface area contributed by atoms with Gasteiger partial charge in [0.2, 0.25) is 0 Å². The minimum absolute atomic E-state index is 0.789. The Balaban J connectivity index is 1.51. The maximum Gasteiger partial charge on any atom is 0.177 e. The van der Waals surface area contributed by atoms with Gasteiger partial charge in [0.15, 0.2) is 5.65 Å². The maximum atomic E-state index is 4.20. The van der Waals surface area contributed by atoms with E-state index in [0.717, 1.165) is 36.8 Å². The standard InChI is InChI=1S/C12H17N5/c1-2-10(1)14-6-5-13-7-9-3-4-15-12-11(9)16-8-17-12/h3-4,8,10,13-14H,1-2,5-7H2,(H,15,16,17). The van der Waals surface area contributed by atoms with Gasteiger partial charge < -0.3 is 15.6 Å². The van der Waals surface area contributed by atoms with Gasteiger partial charge in [-0.05, 0) is 24.5 Å². The number of H-pyrrole nitrogens is 1. The largest absolute Gasteiger partial charge is 0.343 e. The van der Waals surface area contributed by atoms with Gasteiger partial charge in [-0.2, -0.15) is 0 Å². The monoisotopic (exact) mass is 231 g/mol. The molecule has 0 spiro atoms. The molecule has 0 bridgehead atoms. The highest BCUT2D eigenvalue weighted by molar-refractivity contribution is 5.73. The number of rotatable bonds is 6. The van der Waals surface area contributed by atoms with Gasteiger partial charge in [0.05, 0.1) is 11.8 Å². The molecule has 0 unspecified atom stereocenters. The summed E-state index contributed by atoms with van der Waals surface area (Å²) in [7, 11) is 0. The number of hydrogen-bond donors (Lipinski definition) is 3. The summed E-state index contributed by atoms with van der Waals surface area (Å²) in [6.07, 6.45) is 6.19.